The van der Waals surface area contributed by atoms with Crippen molar-refractivity contribution in [2.24, 2.45) is 0 Å². The number of phenols is 2. The van der Waals surface area contributed by atoms with Gasteiger partial charge in [-0.3, -0.25) is 0 Å². The molecule has 10 nitrogen and oxygen atoms in total. The Bertz CT molecular complexity index is 866. The second-order valence-corrected chi connectivity index (χ2v) is 6.73. The van der Waals surface area contributed by atoms with Crippen LogP contribution in [0.15, 0.2) is 42.5 Å². The third-order valence-corrected chi connectivity index (χ3v) is 4.60. The minimum absolute atomic E-state index is 0.00486. The Balaban J connectivity index is 1.73. The zero-order chi connectivity index (χ0) is 21.8. The van der Waals surface area contributed by atoms with Gasteiger partial charge in [0.05, 0.1) is 12.2 Å². The zero-order valence-electron chi connectivity index (χ0n) is 15.7. The highest BCUT2D eigenvalue weighted by atomic mass is 16.7. The number of aliphatic hydroxyl groups is 4. The maximum absolute atomic E-state index is 12.2. The maximum Gasteiger partial charge on any atom is 0.338 e. The van der Waals surface area contributed by atoms with Gasteiger partial charge in [0.25, 0.3) is 0 Å². The standard InChI is InChI=1S/C20H22O10/c21-8-15-16(24)17(25)18(26)20(30-15)29-14-6-5-13(23)7-11(14)9-28-19(27)10-1-3-12(22)4-2-10/h1-7,15-18,20-26H,8-9H2/t15-,16-,17+,18-,20-/m1/s1. The topological polar surface area (TPSA) is 166 Å². The number of hydrogen-bond donors (Lipinski definition) is 6. The average molecular weight is 422 g/mol. The molecule has 0 bridgehead atoms. The molecule has 1 fully saturated rings. The van der Waals surface area contributed by atoms with E-state index in [9.17, 15) is 35.4 Å². The first-order valence-corrected chi connectivity index (χ1v) is 9.05. The Morgan fingerprint density at radius 3 is 2.27 bits per heavy atom. The van der Waals surface area contributed by atoms with Crippen LogP contribution in [0.5, 0.6) is 17.2 Å². The highest BCUT2D eigenvalue weighted by Gasteiger charge is 2.44. The molecular formula is C20H22O10. The fourth-order valence-electron chi connectivity index (χ4n) is 2.91. The number of aromatic hydroxyl groups is 2. The Kier molecular flexibility index (Phi) is 6.75. The summed E-state index contributed by atoms with van der Waals surface area (Å²) in [5, 5.41) is 58.2. The molecule has 5 atom stereocenters. The van der Waals surface area contributed by atoms with Crippen LogP contribution in [0.4, 0.5) is 0 Å². The van der Waals surface area contributed by atoms with Gasteiger partial charge in [0.2, 0.25) is 6.29 Å². The van der Waals surface area contributed by atoms with Crippen LogP contribution in [0.25, 0.3) is 0 Å². The third-order valence-electron chi connectivity index (χ3n) is 4.60. The SMILES string of the molecule is O=C(OCc1cc(O)ccc1O[C@@H]1O[C@H](CO)[C@@H](O)[C@H](O)[C@H]1O)c1ccc(O)cc1. The summed E-state index contributed by atoms with van der Waals surface area (Å²) in [4.78, 5) is 12.2. The first-order valence-electron chi connectivity index (χ1n) is 9.05. The number of hydrogen-bond acceptors (Lipinski definition) is 10. The van der Waals surface area contributed by atoms with E-state index in [0.717, 1.165) is 0 Å². The van der Waals surface area contributed by atoms with Gasteiger partial charge < -0.3 is 44.8 Å². The second-order valence-electron chi connectivity index (χ2n) is 6.73. The van der Waals surface area contributed by atoms with Gasteiger partial charge in [0.1, 0.15) is 48.3 Å². The molecule has 0 spiro atoms. The summed E-state index contributed by atoms with van der Waals surface area (Å²) in [6.07, 6.45) is -7.36. The van der Waals surface area contributed by atoms with Crippen LogP contribution in [0.2, 0.25) is 0 Å². The summed E-state index contributed by atoms with van der Waals surface area (Å²) in [6, 6.07) is 9.35. The summed E-state index contributed by atoms with van der Waals surface area (Å²) < 4.78 is 16.1. The fraction of sp³-hybridized carbons (Fsp3) is 0.350. The molecule has 1 aliphatic rings. The predicted molar refractivity (Wildman–Crippen MR) is 99.7 cm³/mol. The van der Waals surface area contributed by atoms with E-state index in [2.05, 4.69) is 0 Å². The lowest BCUT2D eigenvalue weighted by molar-refractivity contribution is -0.277. The van der Waals surface area contributed by atoms with Crippen molar-refractivity contribution in [1.29, 1.82) is 0 Å². The average Bonchev–Trinajstić information content (AvgIpc) is 2.74. The molecule has 1 heterocycles. The molecule has 30 heavy (non-hydrogen) atoms. The molecule has 2 aromatic carbocycles. The van der Waals surface area contributed by atoms with Crippen LogP contribution >= 0.6 is 0 Å². The normalized spacial score (nSPS) is 26.2. The van der Waals surface area contributed by atoms with Crippen molar-refractivity contribution in [1.82, 2.24) is 0 Å². The Labute approximate surface area is 171 Å². The Morgan fingerprint density at radius 2 is 1.60 bits per heavy atom. The van der Waals surface area contributed by atoms with Crippen molar-refractivity contribution in [3.05, 3.63) is 53.6 Å². The lowest BCUT2D eigenvalue weighted by Gasteiger charge is -2.39. The third kappa shape index (κ3) is 4.81. The van der Waals surface area contributed by atoms with E-state index in [1.807, 2.05) is 0 Å². The molecule has 0 saturated carbocycles. The van der Waals surface area contributed by atoms with E-state index >= 15 is 0 Å². The van der Waals surface area contributed by atoms with E-state index in [1.165, 1.54) is 42.5 Å². The van der Waals surface area contributed by atoms with Crippen LogP contribution in [-0.2, 0) is 16.1 Å². The molecule has 0 aliphatic carbocycles. The van der Waals surface area contributed by atoms with Gasteiger partial charge in [0.15, 0.2) is 0 Å². The summed E-state index contributed by atoms with van der Waals surface area (Å²) in [7, 11) is 0. The van der Waals surface area contributed by atoms with Gasteiger partial charge in [-0.05, 0) is 42.5 Å². The monoisotopic (exact) mass is 422 g/mol. The van der Waals surface area contributed by atoms with Crippen LogP contribution in [0, 0.1) is 0 Å². The predicted octanol–water partition coefficient (Wildman–Crippen LogP) is -0.367. The minimum Gasteiger partial charge on any atom is -0.508 e. The fourth-order valence-corrected chi connectivity index (χ4v) is 2.91. The van der Waals surface area contributed by atoms with Gasteiger partial charge in [-0.2, -0.15) is 0 Å². The van der Waals surface area contributed by atoms with Gasteiger partial charge in [-0.25, -0.2) is 4.79 Å². The number of carbonyl (C=O) groups is 1. The highest BCUT2D eigenvalue weighted by Crippen LogP contribution is 2.29. The summed E-state index contributed by atoms with van der Waals surface area (Å²) in [5.41, 5.74) is 0.434. The number of esters is 1. The number of ether oxygens (including phenoxy) is 3. The maximum atomic E-state index is 12.2. The van der Waals surface area contributed by atoms with Crippen molar-refractivity contribution >= 4 is 5.97 Å². The molecular weight excluding hydrogens is 400 g/mol. The number of aliphatic hydroxyl groups excluding tert-OH is 4. The van der Waals surface area contributed by atoms with E-state index in [-0.39, 0.29) is 35.0 Å². The number of phenolic OH excluding ortho intramolecular Hbond substituents is 2. The zero-order valence-corrected chi connectivity index (χ0v) is 15.7. The molecule has 0 unspecified atom stereocenters. The number of rotatable bonds is 6. The molecule has 10 heteroatoms. The molecule has 1 saturated heterocycles. The van der Waals surface area contributed by atoms with Crippen LogP contribution < -0.4 is 4.74 Å². The van der Waals surface area contributed by atoms with E-state index < -0.39 is 43.3 Å². The molecule has 0 amide bonds. The molecule has 6 N–H and O–H groups in total. The molecule has 2 aromatic rings. The summed E-state index contributed by atoms with van der Waals surface area (Å²) in [6.45, 7) is -0.918. The van der Waals surface area contributed by atoms with Crippen LogP contribution in [-0.4, -0.2) is 73.9 Å². The Hall–Kier alpha value is -2.89. The molecule has 3 rings (SSSR count). The van der Waals surface area contributed by atoms with Gasteiger partial charge in [0, 0.05) is 5.56 Å². The lowest BCUT2D eigenvalue weighted by atomic mass is 9.99. The smallest absolute Gasteiger partial charge is 0.338 e. The van der Waals surface area contributed by atoms with Crippen molar-refractivity contribution < 1.29 is 49.6 Å². The van der Waals surface area contributed by atoms with Crippen LogP contribution in [0.3, 0.4) is 0 Å². The van der Waals surface area contributed by atoms with E-state index in [1.54, 1.807) is 0 Å². The van der Waals surface area contributed by atoms with Gasteiger partial charge >= 0.3 is 5.97 Å². The number of carbonyl (C=O) groups excluding carboxylic acids is 1. The minimum atomic E-state index is -1.62. The molecule has 0 radical (unpaired) electrons. The highest BCUT2D eigenvalue weighted by molar-refractivity contribution is 5.89. The van der Waals surface area contributed by atoms with Gasteiger partial charge in [-0.1, -0.05) is 0 Å². The number of benzene rings is 2. The van der Waals surface area contributed by atoms with E-state index in [4.69, 9.17) is 14.2 Å². The Morgan fingerprint density at radius 1 is 0.933 bits per heavy atom. The van der Waals surface area contributed by atoms with E-state index in [0.29, 0.717) is 0 Å². The largest absolute Gasteiger partial charge is 0.508 e. The molecule has 0 aromatic heterocycles. The van der Waals surface area contributed by atoms with Crippen molar-refractivity contribution in [2.75, 3.05) is 6.61 Å². The second kappa shape index (κ2) is 9.28. The summed E-state index contributed by atoms with van der Waals surface area (Å²) in [5.74, 6) is -0.741. The summed E-state index contributed by atoms with van der Waals surface area (Å²) >= 11 is 0. The first-order chi connectivity index (χ1) is 14.3. The van der Waals surface area contributed by atoms with Gasteiger partial charge in [-0.15, -0.1) is 0 Å². The lowest BCUT2D eigenvalue weighted by Crippen LogP contribution is -2.60. The van der Waals surface area contributed by atoms with Crippen molar-refractivity contribution in [2.45, 2.75) is 37.3 Å². The quantitative estimate of drug-likeness (QED) is 0.338. The molecule has 162 valence electrons. The van der Waals surface area contributed by atoms with Crippen LogP contribution in [0.1, 0.15) is 15.9 Å². The van der Waals surface area contributed by atoms with Crippen molar-refractivity contribution in [3.8, 4) is 17.2 Å². The first kappa shape index (κ1) is 21.8. The molecule has 1 aliphatic heterocycles. The van der Waals surface area contributed by atoms with Crippen molar-refractivity contribution in [3.63, 3.8) is 0 Å².